The quantitative estimate of drug-likeness (QED) is 0.576. The first-order chi connectivity index (χ1) is 11.0. The molecule has 23 heavy (non-hydrogen) atoms. The number of ether oxygens (including phenoxy) is 1. The van der Waals surface area contributed by atoms with Gasteiger partial charge in [0.25, 0.3) is 15.9 Å². The van der Waals surface area contributed by atoms with E-state index in [4.69, 9.17) is 4.74 Å². The Labute approximate surface area is 142 Å². The van der Waals surface area contributed by atoms with Crippen molar-refractivity contribution in [3.8, 4) is 0 Å². The molecule has 1 aliphatic rings. The summed E-state index contributed by atoms with van der Waals surface area (Å²) in [5.41, 5.74) is 0.504. The Morgan fingerprint density at radius 2 is 1.91 bits per heavy atom. The van der Waals surface area contributed by atoms with Crippen LogP contribution in [0.3, 0.4) is 0 Å². The fourth-order valence-electron chi connectivity index (χ4n) is 1.76. The van der Waals surface area contributed by atoms with Crippen LogP contribution >= 0.6 is 15.9 Å². The smallest absolute Gasteiger partial charge is 0.282 e. The van der Waals surface area contributed by atoms with E-state index in [0.717, 1.165) is 0 Å². The Morgan fingerprint density at radius 3 is 2.52 bits per heavy atom. The molecule has 0 bridgehead atoms. The van der Waals surface area contributed by atoms with Gasteiger partial charge in [-0.1, -0.05) is 34.1 Å². The molecule has 0 saturated heterocycles. The van der Waals surface area contributed by atoms with Gasteiger partial charge in [0.05, 0.1) is 23.0 Å². The first-order valence-electron chi connectivity index (χ1n) is 6.48. The zero-order valence-corrected chi connectivity index (χ0v) is 14.5. The maximum absolute atomic E-state index is 12.3. The van der Waals surface area contributed by atoms with E-state index < -0.39 is 10.0 Å². The van der Waals surface area contributed by atoms with Gasteiger partial charge in [-0.15, -0.1) is 0 Å². The van der Waals surface area contributed by atoms with Crippen molar-refractivity contribution >= 4 is 43.3 Å². The van der Waals surface area contributed by atoms with Crippen LogP contribution in [0.2, 0.25) is 0 Å². The second kappa shape index (κ2) is 7.47. The predicted molar refractivity (Wildman–Crippen MR) is 91.5 cm³/mol. The van der Waals surface area contributed by atoms with E-state index in [1.165, 1.54) is 37.5 Å². The van der Waals surface area contributed by atoms with Crippen LogP contribution in [-0.2, 0) is 19.6 Å². The molecule has 0 heterocycles. The average Bonchev–Trinajstić information content (AvgIpc) is 2.56. The zero-order chi connectivity index (χ0) is 16.9. The summed E-state index contributed by atoms with van der Waals surface area (Å²) in [5, 5.41) is 0.101. The van der Waals surface area contributed by atoms with Crippen molar-refractivity contribution in [3.63, 3.8) is 0 Å². The van der Waals surface area contributed by atoms with E-state index in [1.54, 1.807) is 18.2 Å². The van der Waals surface area contributed by atoms with Crippen molar-refractivity contribution in [2.24, 2.45) is 9.39 Å². The van der Waals surface area contributed by atoms with Crippen molar-refractivity contribution < 1.29 is 17.9 Å². The number of allylic oxidation sites excluding steroid dienone is 3. The lowest BCUT2D eigenvalue weighted by atomic mass is 10.1. The lowest BCUT2D eigenvalue weighted by Gasteiger charge is -2.11. The third-order valence-corrected chi connectivity index (χ3v) is 4.58. The first kappa shape index (κ1) is 17.3. The lowest BCUT2D eigenvalue weighted by molar-refractivity contribution is -0.115. The molecule has 0 radical (unpaired) electrons. The number of aliphatic imine (C=N–C) groups is 1. The molecule has 6 nitrogen and oxygen atoms in total. The number of rotatable bonds is 4. The fraction of sp³-hybridized carbons (Fsp3) is 0.133. The Bertz CT molecular complexity index is 824. The van der Waals surface area contributed by atoms with E-state index in [1.807, 2.05) is 0 Å². The van der Waals surface area contributed by atoms with Gasteiger partial charge in [0.1, 0.15) is 11.5 Å². The number of benzene rings is 1. The number of sulfonamides is 1. The van der Waals surface area contributed by atoms with Crippen LogP contribution in [0.4, 0.5) is 0 Å². The van der Waals surface area contributed by atoms with E-state index in [0.29, 0.717) is 5.71 Å². The summed E-state index contributed by atoms with van der Waals surface area (Å²) in [5.74, 6) is -0.137. The van der Waals surface area contributed by atoms with Crippen LogP contribution < -0.4 is 0 Å². The Kier molecular flexibility index (Phi) is 5.62. The number of nitrogens with zero attached hydrogens (tertiary/aromatic N) is 2. The van der Waals surface area contributed by atoms with Gasteiger partial charge < -0.3 is 4.74 Å². The molecule has 1 amide bonds. The maximum Gasteiger partial charge on any atom is 0.282 e. The normalized spacial score (nSPS) is 18.1. The molecule has 0 unspecified atom stereocenters. The predicted octanol–water partition coefficient (Wildman–Crippen LogP) is 2.28. The summed E-state index contributed by atoms with van der Waals surface area (Å²) in [6.45, 7) is 0. The molecule has 1 aliphatic carbocycles. The van der Waals surface area contributed by atoms with Crippen LogP contribution in [-0.4, -0.2) is 38.2 Å². The first-order valence-corrected chi connectivity index (χ1v) is 9.04. The maximum atomic E-state index is 12.3. The molecule has 1 aromatic carbocycles. The summed E-state index contributed by atoms with van der Waals surface area (Å²) in [7, 11) is -2.46. The molecule has 120 valence electrons. The largest absolute Gasteiger partial charge is 0.494 e. The Balaban J connectivity index is 2.38. The van der Waals surface area contributed by atoms with Gasteiger partial charge in [0.15, 0.2) is 0 Å². The van der Waals surface area contributed by atoms with Crippen LogP contribution in [0.25, 0.3) is 0 Å². The molecule has 8 heteroatoms. The van der Waals surface area contributed by atoms with Crippen LogP contribution in [0.15, 0.2) is 68.6 Å². The van der Waals surface area contributed by atoms with E-state index >= 15 is 0 Å². The molecular formula is C15H13BrN2O4S. The summed E-state index contributed by atoms with van der Waals surface area (Å²) < 4.78 is 33.5. The number of carbonyl (C=O) groups excluding carboxylic acids is 1. The number of hydrogen-bond donors (Lipinski definition) is 0. The Morgan fingerprint density at radius 1 is 1.22 bits per heavy atom. The number of alkyl halides is 1. The number of hydrogen-bond acceptors (Lipinski definition) is 4. The standard InChI is InChI=1S/C15H13BrN2O4S/c1-22-14-9-11(17-15(19)10-16)7-8-13(14)18-23(20,21)12-5-3-2-4-6-12/h2-9H,10H2,1H3/b17-11?,18-13-. The SMILES string of the molecule is COC1=CC(=NC(=O)CBr)C=C/C1=N/S(=O)(=O)c1ccccc1. The lowest BCUT2D eigenvalue weighted by Crippen LogP contribution is -2.13. The van der Waals surface area contributed by atoms with Gasteiger partial charge in [-0.25, -0.2) is 4.99 Å². The van der Waals surface area contributed by atoms with Gasteiger partial charge >= 0.3 is 0 Å². The third-order valence-electron chi connectivity index (χ3n) is 2.79. The fourth-order valence-corrected chi connectivity index (χ4v) is 2.90. The number of carbonyl (C=O) groups is 1. The van der Waals surface area contributed by atoms with Gasteiger partial charge in [-0.3, -0.25) is 4.79 Å². The molecule has 1 aromatic rings. The number of amides is 1. The third kappa shape index (κ3) is 4.46. The average molecular weight is 397 g/mol. The molecular weight excluding hydrogens is 384 g/mol. The molecule has 0 atom stereocenters. The van der Waals surface area contributed by atoms with Crippen molar-refractivity contribution in [1.82, 2.24) is 0 Å². The molecule has 0 spiro atoms. The van der Waals surface area contributed by atoms with Crippen LogP contribution in [0, 0.1) is 0 Å². The second-order valence-electron chi connectivity index (χ2n) is 4.37. The highest BCUT2D eigenvalue weighted by Crippen LogP contribution is 2.16. The van der Waals surface area contributed by atoms with E-state index in [-0.39, 0.29) is 27.6 Å². The summed E-state index contributed by atoms with van der Waals surface area (Å²) >= 11 is 3.02. The monoisotopic (exact) mass is 396 g/mol. The van der Waals surface area contributed by atoms with Crippen LogP contribution in [0.5, 0.6) is 0 Å². The summed E-state index contributed by atoms with van der Waals surface area (Å²) in [6, 6.07) is 7.88. The zero-order valence-electron chi connectivity index (χ0n) is 12.1. The van der Waals surface area contributed by atoms with Gasteiger partial charge in [-0.2, -0.15) is 12.8 Å². The topological polar surface area (TPSA) is 85.2 Å². The van der Waals surface area contributed by atoms with Gasteiger partial charge in [-0.05, 0) is 24.3 Å². The number of methoxy groups -OCH3 is 1. The van der Waals surface area contributed by atoms with Gasteiger partial charge in [0.2, 0.25) is 0 Å². The van der Waals surface area contributed by atoms with E-state index in [9.17, 15) is 13.2 Å². The Hall–Kier alpha value is -2.06. The van der Waals surface area contributed by atoms with Crippen molar-refractivity contribution in [1.29, 1.82) is 0 Å². The minimum absolute atomic E-state index is 0.0882. The highest BCUT2D eigenvalue weighted by molar-refractivity contribution is 9.09. The molecule has 2 rings (SSSR count). The summed E-state index contributed by atoms with van der Waals surface area (Å²) in [6.07, 6.45) is 4.40. The molecule has 0 aromatic heterocycles. The minimum atomic E-state index is -3.85. The van der Waals surface area contributed by atoms with Crippen LogP contribution in [0.1, 0.15) is 0 Å². The van der Waals surface area contributed by atoms with Gasteiger partial charge in [0, 0.05) is 6.08 Å². The summed E-state index contributed by atoms with van der Waals surface area (Å²) in [4.78, 5) is 15.2. The molecule has 0 fully saturated rings. The van der Waals surface area contributed by atoms with Crippen molar-refractivity contribution in [2.75, 3.05) is 12.4 Å². The highest BCUT2D eigenvalue weighted by Gasteiger charge is 2.18. The van der Waals surface area contributed by atoms with E-state index in [2.05, 4.69) is 25.3 Å². The van der Waals surface area contributed by atoms with Crippen molar-refractivity contribution in [3.05, 3.63) is 54.3 Å². The molecule has 0 N–H and O–H groups in total. The molecule has 0 saturated carbocycles. The van der Waals surface area contributed by atoms with Crippen molar-refractivity contribution in [2.45, 2.75) is 4.90 Å². The number of halogens is 1. The minimum Gasteiger partial charge on any atom is -0.494 e. The second-order valence-corrected chi connectivity index (χ2v) is 6.54. The molecule has 0 aliphatic heterocycles. The highest BCUT2D eigenvalue weighted by atomic mass is 79.9.